The van der Waals surface area contributed by atoms with Gasteiger partial charge in [-0.25, -0.2) is 0 Å². The van der Waals surface area contributed by atoms with Crippen LogP contribution in [0.3, 0.4) is 0 Å². The molecule has 0 radical (unpaired) electrons. The van der Waals surface area contributed by atoms with E-state index < -0.39 is 0 Å². The fourth-order valence-corrected chi connectivity index (χ4v) is 1.75. The average molecular weight is 236 g/mol. The van der Waals surface area contributed by atoms with Gasteiger partial charge in [0, 0.05) is 18.8 Å². The lowest BCUT2D eigenvalue weighted by Gasteiger charge is -2.12. The minimum atomic E-state index is 0.0129. The SMILES string of the molecule is CC(NC(=O)CNCC1CC1)c1cnn(C)c1. The number of hydrogen-bond donors (Lipinski definition) is 2. The van der Waals surface area contributed by atoms with Gasteiger partial charge in [0.15, 0.2) is 0 Å². The topological polar surface area (TPSA) is 59.0 Å². The van der Waals surface area contributed by atoms with Gasteiger partial charge < -0.3 is 10.6 Å². The van der Waals surface area contributed by atoms with E-state index in [0.717, 1.165) is 18.0 Å². The van der Waals surface area contributed by atoms with Gasteiger partial charge >= 0.3 is 0 Å². The Morgan fingerprint density at radius 3 is 3.00 bits per heavy atom. The molecule has 17 heavy (non-hydrogen) atoms. The second kappa shape index (κ2) is 5.31. The quantitative estimate of drug-likeness (QED) is 0.760. The number of hydrogen-bond acceptors (Lipinski definition) is 3. The van der Waals surface area contributed by atoms with Gasteiger partial charge in [0.05, 0.1) is 18.8 Å². The van der Waals surface area contributed by atoms with Crippen LogP contribution in [-0.4, -0.2) is 28.8 Å². The summed E-state index contributed by atoms with van der Waals surface area (Å²) in [7, 11) is 1.87. The van der Waals surface area contributed by atoms with Crippen LogP contribution in [0.25, 0.3) is 0 Å². The first kappa shape index (κ1) is 12.1. The van der Waals surface area contributed by atoms with Crippen molar-refractivity contribution in [3.63, 3.8) is 0 Å². The van der Waals surface area contributed by atoms with Crippen molar-refractivity contribution in [3.8, 4) is 0 Å². The number of nitrogens with zero attached hydrogens (tertiary/aromatic N) is 2. The van der Waals surface area contributed by atoms with Crippen molar-refractivity contribution in [3.05, 3.63) is 18.0 Å². The average Bonchev–Trinajstić information content (AvgIpc) is 2.99. The van der Waals surface area contributed by atoms with E-state index in [-0.39, 0.29) is 11.9 Å². The molecule has 1 heterocycles. The van der Waals surface area contributed by atoms with Crippen LogP contribution in [0.1, 0.15) is 31.4 Å². The summed E-state index contributed by atoms with van der Waals surface area (Å²) in [6.07, 6.45) is 6.31. The first-order valence-corrected chi connectivity index (χ1v) is 6.14. The van der Waals surface area contributed by atoms with E-state index in [2.05, 4.69) is 15.7 Å². The van der Waals surface area contributed by atoms with Crippen LogP contribution in [0.15, 0.2) is 12.4 Å². The molecule has 1 unspecified atom stereocenters. The Kier molecular flexibility index (Phi) is 3.78. The Morgan fingerprint density at radius 2 is 2.41 bits per heavy atom. The van der Waals surface area contributed by atoms with Crippen molar-refractivity contribution < 1.29 is 4.79 Å². The first-order valence-electron chi connectivity index (χ1n) is 6.14. The van der Waals surface area contributed by atoms with Gasteiger partial charge in [0.25, 0.3) is 0 Å². The normalized spacial score (nSPS) is 16.8. The first-order chi connectivity index (χ1) is 8.15. The number of amides is 1. The summed E-state index contributed by atoms with van der Waals surface area (Å²) in [6, 6.07) is 0.0129. The maximum absolute atomic E-state index is 11.6. The molecule has 1 amide bonds. The van der Waals surface area contributed by atoms with Crippen molar-refractivity contribution in [1.29, 1.82) is 0 Å². The number of carbonyl (C=O) groups is 1. The van der Waals surface area contributed by atoms with E-state index in [4.69, 9.17) is 0 Å². The van der Waals surface area contributed by atoms with Gasteiger partial charge in [-0.1, -0.05) is 0 Å². The smallest absolute Gasteiger partial charge is 0.234 e. The van der Waals surface area contributed by atoms with Gasteiger partial charge in [-0.2, -0.15) is 5.10 Å². The Bertz CT molecular complexity index is 384. The molecular formula is C12H20N4O. The highest BCUT2D eigenvalue weighted by Crippen LogP contribution is 2.27. The van der Waals surface area contributed by atoms with Crippen LogP contribution in [0.5, 0.6) is 0 Å². The van der Waals surface area contributed by atoms with Crippen molar-refractivity contribution in [2.75, 3.05) is 13.1 Å². The number of nitrogens with one attached hydrogen (secondary N) is 2. The molecule has 5 nitrogen and oxygen atoms in total. The molecule has 0 aromatic carbocycles. The zero-order chi connectivity index (χ0) is 12.3. The molecule has 1 aliphatic carbocycles. The number of carbonyl (C=O) groups excluding carboxylic acids is 1. The van der Waals surface area contributed by atoms with E-state index in [0.29, 0.717) is 6.54 Å². The lowest BCUT2D eigenvalue weighted by molar-refractivity contribution is -0.120. The summed E-state index contributed by atoms with van der Waals surface area (Å²) < 4.78 is 1.74. The third kappa shape index (κ3) is 3.85. The maximum atomic E-state index is 11.6. The largest absolute Gasteiger partial charge is 0.348 e. The van der Waals surface area contributed by atoms with Crippen molar-refractivity contribution >= 4 is 5.91 Å². The highest BCUT2D eigenvalue weighted by molar-refractivity contribution is 5.78. The molecule has 2 N–H and O–H groups in total. The number of rotatable bonds is 6. The minimum Gasteiger partial charge on any atom is -0.348 e. The van der Waals surface area contributed by atoms with Gasteiger partial charge in [-0.3, -0.25) is 9.48 Å². The molecule has 1 aliphatic rings. The van der Waals surface area contributed by atoms with Gasteiger partial charge in [-0.15, -0.1) is 0 Å². The summed E-state index contributed by atoms with van der Waals surface area (Å²) in [5.41, 5.74) is 1.03. The monoisotopic (exact) mass is 236 g/mol. The standard InChI is InChI=1S/C12H20N4O/c1-9(11-6-14-16(2)8-11)15-12(17)7-13-5-10-3-4-10/h6,8-10,13H,3-5,7H2,1-2H3,(H,15,17). The number of aromatic nitrogens is 2. The summed E-state index contributed by atoms with van der Waals surface area (Å²) >= 11 is 0. The Hall–Kier alpha value is -1.36. The minimum absolute atomic E-state index is 0.0129. The molecule has 0 bridgehead atoms. The molecular weight excluding hydrogens is 216 g/mol. The lowest BCUT2D eigenvalue weighted by atomic mass is 10.2. The molecule has 1 aromatic rings. The molecule has 5 heteroatoms. The van der Waals surface area contributed by atoms with Crippen LogP contribution in [-0.2, 0) is 11.8 Å². The van der Waals surface area contributed by atoms with Crippen LogP contribution in [0.2, 0.25) is 0 Å². The molecule has 1 atom stereocenters. The summed E-state index contributed by atoms with van der Waals surface area (Å²) in [5.74, 6) is 0.848. The highest BCUT2D eigenvalue weighted by atomic mass is 16.1. The van der Waals surface area contributed by atoms with Gasteiger partial charge in [0.2, 0.25) is 5.91 Å². The fourth-order valence-electron chi connectivity index (χ4n) is 1.75. The predicted octanol–water partition coefficient (Wildman–Crippen LogP) is 0.597. The van der Waals surface area contributed by atoms with Gasteiger partial charge in [0.1, 0.15) is 0 Å². The molecule has 0 saturated heterocycles. The Morgan fingerprint density at radius 1 is 1.65 bits per heavy atom. The van der Waals surface area contributed by atoms with Crippen LogP contribution in [0.4, 0.5) is 0 Å². The third-order valence-corrected chi connectivity index (χ3v) is 3.02. The summed E-state index contributed by atoms with van der Waals surface area (Å²) in [4.78, 5) is 11.6. The lowest BCUT2D eigenvalue weighted by Crippen LogP contribution is -2.36. The van der Waals surface area contributed by atoms with Gasteiger partial charge in [-0.05, 0) is 32.2 Å². The molecule has 1 fully saturated rings. The summed E-state index contributed by atoms with van der Waals surface area (Å²) in [6.45, 7) is 3.34. The maximum Gasteiger partial charge on any atom is 0.234 e. The van der Waals surface area contributed by atoms with Crippen molar-refractivity contribution in [2.24, 2.45) is 13.0 Å². The predicted molar refractivity (Wildman–Crippen MR) is 65.4 cm³/mol. The van der Waals surface area contributed by atoms with Crippen LogP contribution < -0.4 is 10.6 Å². The molecule has 94 valence electrons. The van der Waals surface area contributed by atoms with E-state index in [1.807, 2.05) is 20.2 Å². The Balaban J connectivity index is 1.69. The summed E-state index contributed by atoms with van der Waals surface area (Å²) in [5, 5.41) is 10.2. The van der Waals surface area contributed by atoms with E-state index in [1.54, 1.807) is 10.9 Å². The fraction of sp³-hybridized carbons (Fsp3) is 0.667. The van der Waals surface area contributed by atoms with Crippen LogP contribution >= 0.6 is 0 Å². The van der Waals surface area contributed by atoms with Crippen molar-refractivity contribution in [2.45, 2.75) is 25.8 Å². The third-order valence-electron chi connectivity index (χ3n) is 3.02. The molecule has 1 saturated carbocycles. The van der Waals surface area contributed by atoms with Crippen molar-refractivity contribution in [1.82, 2.24) is 20.4 Å². The molecule has 0 spiro atoms. The zero-order valence-electron chi connectivity index (χ0n) is 10.4. The second-order valence-corrected chi connectivity index (χ2v) is 4.81. The zero-order valence-corrected chi connectivity index (χ0v) is 10.4. The second-order valence-electron chi connectivity index (χ2n) is 4.81. The molecule has 0 aliphatic heterocycles. The molecule has 1 aromatic heterocycles. The van der Waals surface area contributed by atoms with Crippen LogP contribution in [0, 0.1) is 5.92 Å². The number of aryl methyl sites for hydroxylation is 1. The van der Waals surface area contributed by atoms with E-state index in [9.17, 15) is 4.79 Å². The van der Waals surface area contributed by atoms with E-state index >= 15 is 0 Å². The highest BCUT2D eigenvalue weighted by Gasteiger charge is 2.20. The Labute approximate surface area is 102 Å². The van der Waals surface area contributed by atoms with E-state index in [1.165, 1.54) is 12.8 Å². The molecule has 2 rings (SSSR count).